The maximum Gasteiger partial charge on any atom is 0.368 e. The Hall–Kier alpha value is -2.71. The Morgan fingerprint density at radius 3 is 2.90 bits per heavy atom. The molecule has 9 nitrogen and oxygen atoms in total. The lowest BCUT2D eigenvalue weighted by Gasteiger charge is -2.19. The summed E-state index contributed by atoms with van der Waals surface area (Å²) in [6, 6.07) is 3.32. The minimum absolute atomic E-state index is 0.216. The number of aromatic nitrogens is 3. The van der Waals surface area contributed by atoms with Crippen LogP contribution in [0.15, 0.2) is 18.3 Å². The van der Waals surface area contributed by atoms with Crippen molar-refractivity contribution in [3.05, 3.63) is 28.4 Å². The van der Waals surface area contributed by atoms with Gasteiger partial charge in [0, 0.05) is 19.2 Å². The number of hydrogen-bond donors (Lipinski definition) is 1. The number of hydrogen-bond acceptors (Lipinski definition) is 6. The lowest BCUT2D eigenvalue weighted by Crippen LogP contribution is -2.32. The van der Waals surface area contributed by atoms with Crippen molar-refractivity contribution in [1.82, 2.24) is 14.6 Å². The third kappa shape index (κ3) is 2.06. The topological polar surface area (TPSA) is 114 Å². The standard InChI is InChI=1S/C12H13N5O4/c1-12(11(18)19)4-5-15(7-12)9-3-2-8-13-6-10(17(20)21)16(8)14-9/h2-3,6H,4-5,7H2,1H3,(H,18,19). The smallest absolute Gasteiger partial charge is 0.368 e. The van der Waals surface area contributed by atoms with E-state index < -0.39 is 16.3 Å². The fraction of sp³-hybridized carbons (Fsp3) is 0.417. The summed E-state index contributed by atoms with van der Waals surface area (Å²) in [4.78, 5) is 27.4. The number of imidazole rings is 1. The maximum absolute atomic E-state index is 11.3. The first-order chi connectivity index (χ1) is 9.90. The number of fused-ring (bicyclic) bond motifs is 1. The Morgan fingerprint density at radius 2 is 2.29 bits per heavy atom. The number of rotatable bonds is 3. The fourth-order valence-corrected chi connectivity index (χ4v) is 2.48. The normalized spacial score (nSPS) is 21.9. The van der Waals surface area contributed by atoms with Crippen molar-refractivity contribution in [2.24, 2.45) is 5.41 Å². The van der Waals surface area contributed by atoms with E-state index in [0.29, 0.717) is 31.0 Å². The first-order valence-corrected chi connectivity index (χ1v) is 6.38. The molecule has 0 radical (unpaired) electrons. The number of nitro groups is 1. The molecule has 1 atom stereocenters. The number of carbonyl (C=O) groups is 1. The predicted molar refractivity (Wildman–Crippen MR) is 72.2 cm³/mol. The van der Waals surface area contributed by atoms with Gasteiger partial charge in [0.1, 0.15) is 6.20 Å². The van der Waals surface area contributed by atoms with Crippen LogP contribution < -0.4 is 4.90 Å². The highest BCUT2D eigenvalue weighted by atomic mass is 16.6. The number of carboxylic acid groups (broad SMARTS) is 1. The summed E-state index contributed by atoms with van der Waals surface area (Å²) in [5.74, 6) is -0.555. The van der Waals surface area contributed by atoms with E-state index in [1.54, 1.807) is 19.1 Å². The summed E-state index contributed by atoms with van der Waals surface area (Å²) < 4.78 is 1.16. The zero-order valence-corrected chi connectivity index (χ0v) is 11.3. The Morgan fingerprint density at radius 1 is 1.52 bits per heavy atom. The molecule has 0 aliphatic carbocycles. The van der Waals surface area contributed by atoms with Gasteiger partial charge in [0.15, 0.2) is 5.82 Å². The van der Waals surface area contributed by atoms with E-state index in [1.165, 1.54) is 0 Å². The number of aliphatic carboxylic acids is 1. The van der Waals surface area contributed by atoms with Gasteiger partial charge in [0.25, 0.3) is 0 Å². The molecule has 1 unspecified atom stereocenters. The van der Waals surface area contributed by atoms with Crippen LogP contribution in [-0.4, -0.2) is 43.7 Å². The van der Waals surface area contributed by atoms with E-state index in [-0.39, 0.29) is 5.82 Å². The van der Waals surface area contributed by atoms with Crippen molar-refractivity contribution in [1.29, 1.82) is 0 Å². The molecule has 2 aromatic heterocycles. The van der Waals surface area contributed by atoms with Crippen LogP contribution in [-0.2, 0) is 4.79 Å². The zero-order valence-electron chi connectivity index (χ0n) is 11.3. The summed E-state index contributed by atoms with van der Waals surface area (Å²) >= 11 is 0. The van der Waals surface area contributed by atoms with Gasteiger partial charge in [-0.05, 0) is 24.3 Å². The molecule has 0 bridgehead atoms. The number of anilines is 1. The molecule has 0 spiro atoms. The van der Waals surface area contributed by atoms with Crippen LogP contribution in [0.25, 0.3) is 5.65 Å². The van der Waals surface area contributed by atoms with Gasteiger partial charge in [-0.25, -0.2) is 4.98 Å². The first-order valence-electron chi connectivity index (χ1n) is 6.38. The molecule has 1 aliphatic heterocycles. The molecule has 2 aromatic rings. The molecular formula is C12H13N5O4. The highest BCUT2D eigenvalue weighted by Crippen LogP contribution is 2.32. The maximum atomic E-state index is 11.3. The summed E-state index contributed by atoms with van der Waals surface area (Å²) in [7, 11) is 0. The van der Waals surface area contributed by atoms with Crippen molar-refractivity contribution in [3.8, 4) is 0 Å². The molecule has 1 fully saturated rings. The van der Waals surface area contributed by atoms with Crippen molar-refractivity contribution in [3.63, 3.8) is 0 Å². The second-order valence-corrected chi connectivity index (χ2v) is 5.37. The van der Waals surface area contributed by atoms with E-state index in [0.717, 1.165) is 10.7 Å². The minimum Gasteiger partial charge on any atom is -0.481 e. The van der Waals surface area contributed by atoms with E-state index in [4.69, 9.17) is 0 Å². The molecule has 3 rings (SSSR count). The molecule has 21 heavy (non-hydrogen) atoms. The third-order valence-corrected chi connectivity index (χ3v) is 3.83. The van der Waals surface area contributed by atoms with Gasteiger partial charge in [0.05, 0.1) is 5.41 Å². The third-order valence-electron chi connectivity index (χ3n) is 3.83. The average Bonchev–Trinajstić information content (AvgIpc) is 3.02. The molecular weight excluding hydrogens is 278 g/mol. The SMILES string of the molecule is CC1(C(=O)O)CCN(c2ccc3ncc([N+](=O)[O-])n3n2)C1. The molecule has 1 saturated heterocycles. The second-order valence-electron chi connectivity index (χ2n) is 5.37. The fourth-order valence-electron chi connectivity index (χ4n) is 2.48. The molecule has 9 heteroatoms. The van der Waals surface area contributed by atoms with Gasteiger partial charge in [-0.2, -0.15) is 0 Å². The van der Waals surface area contributed by atoms with Crippen LogP contribution in [0.5, 0.6) is 0 Å². The molecule has 1 aliphatic rings. The lowest BCUT2D eigenvalue weighted by molar-refractivity contribution is -0.391. The summed E-state index contributed by atoms with van der Waals surface area (Å²) in [5, 5.41) is 24.4. The highest BCUT2D eigenvalue weighted by Gasteiger charge is 2.41. The van der Waals surface area contributed by atoms with E-state index in [2.05, 4.69) is 10.1 Å². The zero-order chi connectivity index (χ0) is 15.2. The van der Waals surface area contributed by atoms with Gasteiger partial charge in [-0.15, -0.1) is 0 Å². The van der Waals surface area contributed by atoms with Crippen LogP contribution in [0.1, 0.15) is 13.3 Å². The number of nitrogens with zero attached hydrogens (tertiary/aromatic N) is 5. The lowest BCUT2D eigenvalue weighted by atomic mass is 9.90. The Labute approximate surface area is 119 Å². The van der Waals surface area contributed by atoms with Crippen LogP contribution in [0, 0.1) is 15.5 Å². The van der Waals surface area contributed by atoms with Crippen LogP contribution in [0.3, 0.4) is 0 Å². The monoisotopic (exact) mass is 291 g/mol. The first kappa shape index (κ1) is 13.3. The van der Waals surface area contributed by atoms with E-state index in [1.807, 2.05) is 4.90 Å². The van der Waals surface area contributed by atoms with Gasteiger partial charge in [-0.3, -0.25) is 4.79 Å². The minimum atomic E-state index is -0.848. The van der Waals surface area contributed by atoms with Gasteiger partial charge < -0.3 is 20.1 Å². The van der Waals surface area contributed by atoms with Crippen LogP contribution in [0.4, 0.5) is 11.6 Å². The highest BCUT2D eigenvalue weighted by molar-refractivity contribution is 5.76. The molecule has 3 heterocycles. The Balaban J connectivity index is 1.97. The second kappa shape index (κ2) is 4.40. The Kier molecular flexibility index (Phi) is 2.78. The van der Waals surface area contributed by atoms with Crippen molar-refractivity contribution in [2.75, 3.05) is 18.0 Å². The molecule has 1 N–H and O–H groups in total. The van der Waals surface area contributed by atoms with Crippen LogP contribution in [0.2, 0.25) is 0 Å². The number of carboxylic acids is 1. The van der Waals surface area contributed by atoms with Gasteiger partial charge in [0.2, 0.25) is 5.65 Å². The average molecular weight is 291 g/mol. The van der Waals surface area contributed by atoms with E-state index >= 15 is 0 Å². The van der Waals surface area contributed by atoms with Crippen molar-refractivity contribution in [2.45, 2.75) is 13.3 Å². The quantitative estimate of drug-likeness (QED) is 0.661. The molecule has 0 aromatic carbocycles. The van der Waals surface area contributed by atoms with Crippen molar-refractivity contribution >= 4 is 23.3 Å². The summed E-state index contributed by atoms with van der Waals surface area (Å²) in [6.07, 6.45) is 1.66. The summed E-state index contributed by atoms with van der Waals surface area (Å²) in [5.41, 5.74) is -0.442. The van der Waals surface area contributed by atoms with Crippen LogP contribution >= 0.6 is 0 Å². The molecule has 110 valence electrons. The van der Waals surface area contributed by atoms with E-state index in [9.17, 15) is 20.0 Å². The molecule has 0 saturated carbocycles. The Bertz CT molecular complexity index is 742. The molecule has 0 amide bonds. The van der Waals surface area contributed by atoms with Gasteiger partial charge >= 0.3 is 11.8 Å². The van der Waals surface area contributed by atoms with Crippen molar-refractivity contribution < 1.29 is 14.8 Å². The largest absolute Gasteiger partial charge is 0.481 e. The van der Waals surface area contributed by atoms with Gasteiger partial charge in [-0.1, -0.05) is 9.61 Å². The predicted octanol–water partition coefficient (Wildman–Crippen LogP) is 0.938. The summed E-state index contributed by atoms with van der Waals surface area (Å²) in [6.45, 7) is 2.56.